The molecule has 0 aliphatic carbocycles. The van der Waals surface area contributed by atoms with Crippen molar-refractivity contribution in [2.45, 2.75) is 20.0 Å². The molecule has 1 atom stereocenters. The van der Waals surface area contributed by atoms with Gasteiger partial charge in [0.1, 0.15) is 11.5 Å². The molecule has 2 amide bonds. The molecule has 0 saturated heterocycles. The van der Waals surface area contributed by atoms with E-state index in [9.17, 15) is 9.59 Å². The van der Waals surface area contributed by atoms with E-state index >= 15 is 0 Å². The second kappa shape index (κ2) is 8.22. The molecular formula is C20H18N4O4. The molecule has 2 aromatic rings. The molecule has 2 N–H and O–H groups in total. The molecule has 142 valence electrons. The maximum atomic E-state index is 12.2. The number of rotatable bonds is 5. The number of anilines is 1. The Bertz CT molecular complexity index is 977. The first-order chi connectivity index (χ1) is 13.5. The lowest BCUT2D eigenvalue weighted by Crippen LogP contribution is -2.34. The van der Waals surface area contributed by atoms with E-state index in [1.807, 2.05) is 6.07 Å². The normalized spacial score (nSPS) is 14.0. The van der Waals surface area contributed by atoms with Crippen LogP contribution in [0.25, 0.3) is 0 Å². The number of amides is 2. The zero-order valence-corrected chi connectivity index (χ0v) is 15.4. The molecule has 0 aromatic heterocycles. The Labute approximate surface area is 161 Å². The minimum atomic E-state index is -0.777. The van der Waals surface area contributed by atoms with E-state index in [0.29, 0.717) is 28.5 Å². The van der Waals surface area contributed by atoms with Gasteiger partial charge in [-0.05, 0) is 61.9 Å². The van der Waals surface area contributed by atoms with Crippen molar-refractivity contribution in [3.05, 3.63) is 53.6 Å². The Kier molecular flexibility index (Phi) is 5.56. The molecule has 8 heteroatoms. The van der Waals surface area contributed by atoms with Gasteiger partial charge in [0.2, 0.25) is 0 Å². The lowest BCUT2D eigenvalue weighted by Gasteiger charge is -2.18. The summed E-state index contributed by atoms with van der Waals surface area (Å²) in [6, 6.07) is 13.7. The van der Waals surface area contributed by atoms with Gasteiger partial charge in [-0.1, -0.05) is 0 Å². The summed E-state index contributed by atoms with van der Waals surface area (Å²) in [6.45, 7) is 3.33. The molecule has 3 rings (SSSR count). The van der Waals surface area contributed by atoms with E-state index in [2.05, 4.69) is 15.8 Å². The maximum absolute atomic E-state index is 12.2. The van der Waals surface area contributed by atoms with E-state index < -0.39 is 12.0 Å². The Hall–Kier alpha value is -3.86. The van der Waals surface area contributed by atoms with Crippen LogP contribution < -0.4 is 20.2 Å². The summed E-state index contributed by atoms with van der Waals surface area (Å²) in [5, 5.41) is 15.6. The summed E-state index contributed by atoms with van der Waals surface area (Å²) in [5.74, 6) is 0.428. The van der Waals surface area contributed by atoms with Crippen molar-refractivity contribution < 1.29 is 19.1 Å². The summed E-state index contributed by atoms with van der Waals surface area (Å²) < 4.78 is 10.9. The maximum Gasteiger partial charge on any atom is 0.280 e. The highest BCUT2D eigenvalue weighted by atomic mass is 16.5. The van der Waals surface area contributed by atoms with Gasteiger partial charge in [-0.25, -0.2) is 5.43 Å². The molecule has 8 nitrogen and oxygen atoms in total. The second-order valence-corrected chi connectivity index (χ2v) is 6.12. The van der Waals surface area contributed by atoms with Crippen LogP contribution in [-0.2, 0) is 9.59 Å². The van der Waals surface area contributed by atoms with Crippen LogP contribution in [0.4, 0.5) is 5.69 Å². The van der Waals surface area contributed by atoms with Crippen LogP contribution in [0.5, 0.6) is 11.5 Å². The fourth-order valence-electron chi connectivity index (χ4n) is 2.47. The van der Waals surface area contributed by atoms with Crippen molar-refractivity contribution in [1.82, 2.24) is 5.43 Å². The molecule has 28 heavy (non-hydrogen) atoms. The Morgan fingerprint density at radius 1 is 1.32 bits per heavy atom. The summed E-state index contributed by atoms with van der Waals surface area (Å²) in [6.07, 6.45) is -0.777. The summed E-state index contributed by atoms with van der Waals surface area (Å²) in [5.41, 5.74) is 4.82. The van der Waals surface area contributed by atoms with Gasteiger partial charge in [0.05, 0.1) is 23.0 Å². The van der Waals surface area contributed by atoms with Crippen molar-refractivity contribution >= 4 is 23.2 Å². The number of nitriles is 1. The summed E-state index contributed by atoms with van der Waals surface area (Å²) in [7, 11) is 0. The number of benzene rings is 2. The predicted octanol–water partition coefficient (Wildman–Crippen LogP) is 2.20. The first-order valence-corrected chi connectivity index (χ1v) is 8.54. The molecule has 0 unspecified atom stereocenters. The highest BCUT2D eigenvalue weighted by Gasteiger charge is 2.17. The van der Waals surface area contributed by atoms with Crippen LogP contribution in [-0.4, -0.2) is 30.2 Å². The molecule has 0 bridgehead atoms. The molecule has 0 saturated carbocycles. The van der Waals surface area contributed by atoms with Gasteiger partial charge in [0, 0.05) is 0 Å². The topological polar surface area (TPSA) is 113 Å². The minimum absolute atomic E-state index is 0.00734. The van der Waals surface area contributed by atoms with E-state index in [4.69, 9.17) is 14.7 Å². The number of fused-ring (bicyclic) bond motifs is 1. The number of nitrogens with one attached hydrogen (secondary N) is 2. The summed E-state index contributed by atoms with van der Waals surface area (Å²) in [4.78, 5) is 23.6. The van der Waals surface area contributed by atoms with Gasteiger partial charge in [-0.3, -0.25) is 9.59 Å². The number of hydrazone groups is 1. The molecule has 1 aliphatic rings. The van der Waals surface area contributed by atoms with Crippen LogP contribution in [0.3, 0.4) is 0 Å². The fraction of sp³-hybridized carbons (Fsp3) is 0.200. The van der Waals surface area contributed by atoms with Crippen LogP contribution in [0, 0.1) is 11.3 Å². The molecule has 1 aliphatic heterocycles. The third-order valence-corrected chi connectivity index (χ3v) is 4.03. The van der Waals surface area contributed by atoms with Gasteiger partial charge >= 0.3 is 0 Å². The quantitative estimate of drug-likeness (QED) is 0.612. The highest BCUT2D eigenvalue weighted by Crippen LogP contribution is 2.28. The molecule has 0 radical (unpaired) electrons. The van der Waals surface area contributed by atoms with E-state index in [0.717, 1.165) is 5.56 Å². The molecule has 0 spiro atoms. The first-order valence-electron chi connectivity index (χ1n) is 8.54. The highest BCUT2D eigenvalue weighted by molar-refractivity contribution is 6.02. The third-order valence-electron chi connectivity index (χ3n) is 4.03. The molecular weight excluding hydrogens is 360 g/mol. The zero-order valence-electron chi connectivity index (χ0n) is 15.4. The van der Waals surface area contributed by atoms with E-state index in [1.165, 1.54) is 0 Å². The van der Waals surface area contributed by atoms with Gasteiger partial charge in [-0.2, -0.15) is 10.4 Å². The van der Waals surface area contributed by atoms with E-state index in [-0.39, 0.29) is 12.5 Å². The average Bonchev–Trinajstić information content (AvgIpc) is 2.71. The monoisotopic (exact) mass is 378 g/mol. The largest absolute Gasteiger partial charge is 0.482 e. The van der Waals surface area contributed by atoms with Crippen molar-refractivity contribution in [1.29, 1.82) is 5.26 Å². The average molecular weight is 378 g/mol. The lowest BCUT2D eigenvalue weighted by molar-refractivity contribution is -0.127. The van der Waals surface area contributed by atoms with Crippen LogP contribution >= 0.6 is 0 Å². The third kappa shape index (κ3) is 4.45. The Morgan fingerprint density at radius 3 is 2.79 bits per heavy atom. The van der Waals surface area contributed by atoms with Gasteiger partial charge in [0.15, 0.2) is 12.7 Å². The smallest absolute Gasteiger partial charge is 0.280 e. The van der Waals surface area contributed by atoms with Crippen LogP contribution in [0.2, 0.25) is 0 Å². The van der Waals surface area contributed by atoms with Gasteiger partial charge in [0.25, 0.3) is 11.8 Å². The van der Waals surface area contributed by atoms with Crippen molar-refractivity contribution in [2.75, 3.05) is 11.9 Å². The summed E-state index contributed by atoms with van der Waals surface area (Å²) >= 11 is 0. The first kappa shape index (κ1) is 18.9. The standard InChI is InChI=1S/C20H18N4O4/c1-12(15-5-8-18-17(9-15)22-19(25)11-27-18)23-24-20(26)13(2)28-16-6-3-14(10-21)4-7-16/h3-9,13H,11H2,1-2H3,(H,22,25)(H,24,26)/b23-12-/t13-/m0/s1. The van der Waals surface area contributed by atoms with Crippen LogP contribution in [0.1, 0.15) is 25.0 Å². The minimum Gasteiger partial charge on any atom is -0.482 e. The molecule has 1 heterocycles. The number of hydrogen-bond acceptors (Lipinski definition) is 6. The Morgan fingerprint density at radius 2 is 2.07 bits per heavy atom. The van der Waals surface area contributed by atoms with Gasteiger partial charge in [-0.15, -0.1) is 0 Å². The second-order valence-electron chi connectivity index (χ2n) is 6.12. The SMILES string of the molecule is C/C(=N/NC(=O)[C@H](C)Oc1ccc(C#N)cc1)c1ccc2c(c1)NC(=O)CO2. The number of carbonyl (C=O) groups excluding carboxylic acids is 2. The Balaban J connectivity index is 1.62. The van der Waals surface area contributed by atoms with E-state index in [1.54, 1.807) is 56.3 Å². The van der Waals surface area contributed by atoms with Crippen molar-refractivity contribution in [2.24, 2.45) is 5.10 Å². The number of nitrogens with zero attached hydrogens (tertiary/aromatic N) is 2. The van der Waals surface area contributed by atoms with Gasteiger partial charge < -0.3 is 14.8 Å². The molecule has 0 fully saturated rings. The molecule has 2 aromatic carbocycles. The van der Waals surface area contributed by atoms with Crippen LogP contribution in [0.15, 0.2) is 47.6 Å². The van der Waals surface area contributed by atoms with Crippen molar-refractivity contribution in [3.8, 4) is 17.6 Å². The number of ether oxygens (including phenoxy) is 2. The fourth-order valence-corrected chi connectivity index (χ4v) is 2.47. The number of carbonyl (C=O) groups is 2. The lowest BCUT2D eigenvalue weighted by atomic mass is 10.1. The zero-order chi connectivity index (χ0) is 20.1. The number of hydrogen-bond donors (Lipinski definition) is 2. The van der Waals surface area contributed by atoms with Crippen molar-refractivity contribution in [3.63, 3.8) is 0 Å². The predicted molar refractivity (Wildman–Crippen MR) is 102 cm³/mol.